The van der Waals surface area contributed by atoms with Gasteiger partial charge in [-0.3, -0.25) is 0 Å². The maximum Gasteiger partial charge on any atom is 0.124 e. The SMILES string of the molecule is Fc1ccc(C(Cl)c2ccc(Br)c3ccccc23)c(I)c1. The molecule has 106 valence electrons. The summed E-state index contributed by atoms with van der Waals surface area (Å²) in [7, 11) is 0. The fourth-order valence-corrected chi connectivity index (χ4v) is 4.21. The summed E-state index contributed by atoms with van der Waals surface area (Å²) in [5.41, 5.74) is 1.95. The second-order valence-electron chi connectivity index (χ2n) is 4.71. The molecule has 0 aliphatic carbocycles. The van der Waals surface area contributed by atoms with Gasteiger partial charge in [0.05, 0.1) is 5.38 Å². The van der Waals surface area contributed by atoms with Crippen molar-refractivity contribution < 1.29 is 4.39 Å². The molecule has 0 fully saturated rings. The number of rotatable bonds is 2. The van der Waals surface area contributed by atoms with Gasteiger partial charge in [-0.05, 0) is 62.7 Å². The van der Waals surface area contributed by atoms with Crippen LogP contribution in [0.2, 0.25) is 0 Å². The van der Waals surface area contributed by atoms with Gasteiger partial charge >= 0.3 is 0 Å². The molecular formula is C17H10BrClFI. The smallest absolute Gasteiger partial charge is 0.124 e. The molecule has 1 atom stereocenters. The van der Waals surface area contributed by atoms with Gasteiger partial charge in [0.25, 0.3) is 0 Å². The molecule has 3 rings (SSSR count). The van der Waals surface area contributed by atoms with Gasteiger partial charge in [0, 0.05) is 8.04 Å². The van der Waals surface area contributed by atoms with E-state index in [2.05, 4.69) is 50.7 Å². The van der Waals surface area contributed by atoms with Crippen molar-refractivity contribution in [2.75, 3.05) is 0 Å². The van der Waals surface area contributed by atoms with E-state index >= 15 is 0 Å². The number of fused-ring (bicyclic) bond motifs is 1. The lowest BCUT2D eigenvalue weighted by Gasteiger charge is -2.16. The Morgan fingerprint density at radius 3 is 2.33 bits per heavy atom. The summed E-state index contributed by atoms with van der Waals surface area (Å²) in [6, 6.07) is 16.8. The van der Waals surface area contributed by atoms with Crippen molar-refractivity contribution in [2.24, 2.45) is 0 Å². The molecule has 0 radical (unpaired) electrons. The molecule has 0 spiro atoms. The van der Waals surface area contributed by atoms with Gasteiger partial charge < -0.3 is 0 Å². The molecule has 21 heavy (non-hydrogen) atoms. The van der Waals surface area contributed by atoms with E-state index in [1.807, 2.05) is 24.3 Å². The Hall–Kier alpha value is -0.650. The lowest BCUT2D eigenvalue weighted by Crippen LogP contribution is -1.98. The fraction of sp³-hybridized carbons (Fsp3) is 0.0588. The third-order valence-electron chi connectivity index (χ3n) is 3.41. The van der Waals surface area contributed by atoms with Gasteiger partial charge in [-0.2, -0.15) is 0 Å². The maximum atomic E-state index is 13.3. The third-order valence-corrected chi connectivity index (χ3v) is 5.51. The molecule has 3 aromatic rings. The van der Waals surface area contributed by atoms with Crippen LogP contribution in [-0.2, 0) is 0 Å². The summed E-state index contributed by atoms with van der Waals surface area (Å²) in [4.78, 5) is 0. The fourth-order valence-electron chi connectivity index (χ4n) is 2.38. The van der Waals surface area contributed by atoms with Crippen LogP contribution in [0, 0.1) is 9.39 Å². The summed E-state index contributed by atoms with van der Waals surface area (Å²) in [5.74, 6) is -0.243. The molecule has 0 heterocycles. The second-order valence-corrected chi connectivity index (χ2v) is 7.16. The van der Waals surface area contributed by atoms with Crippen LogP contribution < -0.4 is 0 Å². The summed E-state index contributed by atoms with van der Waals surface area (Å²) in [5, 5.41) is 1.92. The Balaban J connectivity index is 2.18. The van der Waals surface area contributed by atoms with Crippen molar-refractivity contribution in [1.29, 1.82) is 0 Å². The van der Waals surface area contributed by atoms with Crippen LogP contribution in [0.15, 0.2) is 59.1 Å². The average molecular weight is 476 g/mol. The average Bonchev–Trinajstić information content (AvgIpc) is 2.47. The standard InChI is InChI=1S/C17H10BrClFI/c18-15-8-7-13(11-3-1-2-4-12(11)15)17(19)14-6-5-10(20)9-16(14)21/h1-9,17H. The highest BCUT2D eigenvalue weighted by Gasteiger charge is 2.17. The van der Waals surface area contributed by atoms with Gasteiger partial charge in [-0.1, -0.05) is 52.3 Å². The molecule has 0 aliphatic rings. The quantitative estimate of drug-likeness (QED) is 0.287. The second kappa shape index (κ2) is 6.23. The molecule has 4 heteroatoms. The van der Waals surface area contributed by atoms with Crippen LogP contribution >= 0.6 is 50.1 Å². The van der Waals surface area contributed by atoms with E-state index in [0.717, 1.165) is 29.9 Å². The number of hydrogen-bond donors (Lipinski definition) is 0. The molecule has 0 saturated carbocycles. The number of alkyl halides is 1. The van der Waals surface area contributed by atoms with Crippen LogP contribution in [0.5, 0.6) is 0 Å². The summed E-state index contributed by atoms with van der Waals surface area (Å²) in [6.07, 6.45) is 0. The van der Waals surface area contributed by atoms with Crippen LogP contribution in [0.3, 0.4) is 0 Å². The number of halogens is 4. The highest BCUT2D eigenvalue weighted by molar-refractivity contribution is 14.1. The van der Waals surface area contributed by atoms with Crippen molar-refractivity contribution in [2.45, 2.75) is 5.38 Å². The first-order chi connectivity index (χ1) is 10.1. The van der Waals surface area contributed by atoms with Crippen molar-refractivity contribution in [1.82, 2.24) is 0 Å². The van der Waals surface area contributed by atoms with Gasteiger partial charge in [0.15, 0.2) is 0 Å². The molecule has 0 aromatic heterocycles. The molecule has 0 bridgehead atoms. The van der Waals surface area contributed by atoms with Crippen LogP contribution in [0.1, 0.15) is 16.5 Å². The molecule has 0 saturated heterocycles. The van der Waals surface area contributed by atoms with Crippen molar-refractivity contribution in [3.63, 3.8) is 0 Å². The molecule has 0 N–H and O–H groups in total. The highest BCUT2D eigenvalue weighted by atomic mass is 127. The molecule has 0 nitrogen and oxygen atoms in total. The van der Waals surface area contributed by atoms with E-state index in [9.17, 15) is 4.39 Å². The van der Waals surface area contributed by atoms with Crippen molar-refractivity contribution >= 4 is 60.9 Å². The minimum atomic E-state index is -0.310. The summed E-state index contributed by atoms with van der Waals surface area (Å²) >= 11 is 12.4. The third kappa shape index (κ3) is 2.96. The van der Waals surface area contributed by atoms with E-state index < -0.39 is 0 Å². The van der Waals surface area contributed by atoms with Crippen molar-refractivity contribution in [3.05, 3.63) is 79.6 Å². The van der Waals surface area contributed by atoms with Crippen molar-refractivity contribution in [3.8, 4) is 0 Å². The Morgan fingerprint density at radius 1 is 0.952 bits per heavy atom. The molecular weight excluding hydrogens is 465 g/mol. The normalized spacial score (nSPS) is 12.6. The largest absolute Gasteiger partial charge is 0.207 e. The van der Waals surface area contributed by atoms with Crippen LogP contribution in [-0.4, -0.2) is 0 Å². The Bertz CT molecular complexity index is 819. The van der Waals surface area contributed by atoms with E-state index in [-0.39, 0.29) is 11.2 Å². The van der Waals surface area contributed by atoms with Gasteiger partial charge in [-0.15, -0.1) is 11.6 Å². The minimum absolute atomic E-state index is 0.243. The zero-order valence-electron chi connectivity index (χ0n) is 10.8. The molecule has 3 aromatic carbocycles. The monoisotopic (exact) mass is 474 g/mol. The van der Waals surface area contributed by atoms with E-state index in [1.54, 1.807) is 6.07 Å². The molecule has 1 unspecified atom stereocenters. The predicted octanol–water partition coefficient (Wildman–Crippen LogP) is 6.67. The first kappa shape index (κ1) is 15.3. The predicted molar refractivity (Wildman–Crippen MR) is 98.5 cm³/mol. The number of benzene rings is 3. The lowest BCUT2D eigenvalue weighted by atomic mass is 9.98. The zero-order valence-corrected chi connectivity index (χ0v) is 15.3. The Labute approximate surface area is 149 Å². The zero-order chi connectivity index (χ0) is 15.0. The first-order valence-electron chi connectivity index (χ1n) is 6.34. The topological polar surface area (TPSA) is 0 Å². The first-order valence-corrected chi connectivity index (χ1v) is 8.65. The highest BCUT2D eigenvalue weighted by Crippen LogP contribution is 2.38. The molecule has 0 amide bonds. The summed E-state index contributed by atoms with van der Waals surface area (Å²) in [6.45, 7) is 0. The van der Waals surface area contributed by atoms with Gasteiger partial charge in [-0.25, -0.2) is 4.39 Å². The van der Waals surface area contributed by atoms with Crippen LogP contribution in [0.25, 0.3) is 10.8 Å². The number of hydrogen-bond acceptors (Lipinski definition) is 0. The minimum Gasteiger partial charge on any atom is -0.207 e. The Morgan fingerprint density at radius 2 is 1.62 bits per heavy atom. The molecule has 0 aliphatic heterocycles. The summed E-state index contributed by atoms with van der Waals surface area (Å²) < 4.78 is 15.1. The maximum absolute atomic E-state index is 13.3. The van der Waals surface area contributed by atoms with Gasteiger partial charge in [0.1, 0.15) is 5.82 Å². The van der Waals surface area contributed by atoms with Gasteiger partial charge in [0.2, 0.25) is 0 Å². The van der Waals surface area contributed by atoms with E-state index in [0.29, 0.717) is 0 Å². The van der Waals surface area contributed by atoms with E-state index in [4.69, 9.17) is 11.6 Å². The van der Waals surface area contributed by atoms with Crippen LogP contribution in [0.4, 0.5) is 4.39 Å². The van der Waals surface area contributed by atoms with E-state index in [1.165, 1.54) is 12.1 Å². The Kier molecular flexibility index (Phi) is 4.52. The lowest BCUT2D eigenvalue weighted by molar-refractivity contribution is 0.626.